The van der Waals surface area contributed by atoms with Crippen molar-refractivity contribution in [3.63, 3.8) is 0 Å². The number of nitrogens with zero attached hydrogens (tertiary/aromatic N) is 1. The number of para-hydroxylation sites is 1. The number of aliphatic hydroxyl groups is 1. The second-order valence-corrected chi connectivity index (χ2v) is 11.1. The van der Waals surface area contributed by atoms with E-state index in [2.05, 4.69) is 10.6 Å². The highest BCUT2D eigenvalue weighted by atomic mass is 16.5. The van der Waals surface area contributed by atoms with Crippen LogP contribution in [-0.2, 0) is 19.1 Å². The molecule has 3 aliphatic rings. The van der Waals surface area contributed by atoms with Gasteiger partial charge in [0.05, 0.1) is 30.1 Å². The number of aryl methyl sites for hydroxylation is 2. The van der Waals surface area contributed by atoms with Crippen molar-refractivity contribution in [1.29, 1.82) is 0 Å². The first-order valence-electron chi connectivity index (χ1n) is 13.4. The first kappa shape index (κ1) is 26.6. The molecule has 0 aromatic heterocycles. The molecule has 0 radical (unpaired) electrons. The second-order valence-electron chi connectivity index (χ2n) is 11.1. The Hall–Kier alpha value is -2.45. The normalized spacial score (nSPS) is 31.6. The summed E-state index contributed by atoms with van der Waals surface area (Å²) in [6.07, 6.45) is 2.51. The largest absolute Gasteiger partial charge is 0.394 e. The first-order chi connectivity index (χ1) is 17.1. The van der Waals surface area contributed by atoms with Crippen LogP contribution in [0.25, 0.3) is 0 Å². The summed E-state index contributed by atoms with van der Waals surface area (Å²) in [5.41, 5.74) is 0.691. The molecule has 1 aromatic rings. The quantitative estimate of drug-likeness (QED) is 0.484. The topological polar surface area (TPSA) is 108 Å². The molecule has 3 aliphatic heterocycles. The number of nitrogens with one attached hydrogen (secondary N) is 2. The monoisotopic (exact) mass is 499 g/mol. The maximum absolute atomic E-state index is 14.2. The van der Waals surface area contributed by atoms with Gasteiger partial charge in [0, 0.05) is 12.2 Å². The van der Waals surface area contributed by atoms with Gasteiger partial charge >= 0.3 is 0 Å². The lowest BCUT2D eigenvalue weighted by atomic mass is 9.65. The number of benzene rings is 1. The number of hydrogen-bond acceptors (Lipinski definition) is 5. The van der Waals surface area contributed by atoms with Crippen molar-refractivity contribution in [2.75, 3.05) is 18.5 Å². The molecule has 0 aliphatic carbocycles. The maximum Gasteiger partial charge on any atom is 0.250 e. The van der Waals surface area contributed by atoms with Gasteiger partial charge in [0.15, 0.2) is 0 Å². The van der Waals surface area contributed by atoms with Crippen molar-refractivity contribution in [1.82, 2.24) is 10.2 Å². The Morgan fingerprint density at radius 3 is 2.39 bits per heavy atom. The van der Waals surface area contributed by atoms with E-state index in [1.165, 1.54) is 0 Å². The summed E-state index contributed by atoms with van der Waals surface area (Å²) in [5, 5.41) is 16.4. The van der Waals surface area contributed by atoms with Crippen molar-refractivity contribution < 1.29 is 24.2 Å². The number of carbonyl (C=O) groups excluding carboxylic acids is 3. The minimum Gasteiger partial charge on any atom is -0.394 e. The zero-order valence-electron chi connectivity index (χ0n) is 22.4. The molecule has 6 atom stereocenters. The number of fused-ring (bicyclic) bond motifs is 1. The molecule has 3 fully saturated rings. The molecular formula is C28H41N3O5. The molecule has 36 heavy (non-hydrogen) atoms. The summed E-state index contributed by atoms with van der Waals surface area (Å²) >= 11 is 0. The van der Waals surface area contributed by atoms with Crippen LogP contribution in [0, 0.1) is 31.6 Å². The van der Waals surface area contributed by atoms with E-state index in [0.717, 1.165) is 23.2 Å². The van der Waals surface area contributed by atoms with Gasteiger partial charge in [0.1, 0.15) is 11.6 Å². The van der Waals surface area contributed by atoms with Crippen LogP contribution >= 0.6 is 0 Å². The Morgan fingerprint density at radius 2 is 1.83 bits per heavy atom. The van der Waals surface area contributed by atoms with Crippen LogP contribution in [0.1, 0.15) is 64.5 Å². The van der Waals surface area contributed by atoms with Gasteiger partial charge < -0.3 is 25.4 Å². The van der Waals surface area contributed by atoms with E-state index in [1.54, 1.807) is 4.90 Å². The van der Waals surface area contributed by atoms with E-state index in [-0.39, 0.29) is 30.2 Å². The number of hydrogen-bond donors (Lipinski definition) is 3. The molecule has 1 aromatic carbocycles. The summed E-state index contributed by atoms with van der Waals surface area (Å²) in [4.78, 5) is 43.3. The Morgan fingerprint density at radius 1 is 1.17 bits per heavy atom. The van der Waals surface area contributed by atoms with Gasteiger partial charge in [-0.25, -0.2) is 0 Å². The molecule has 198 valence electrons. The third-order valence-electron chi connectivity index (χ3n) is 8.74. The minimum absolute atomic E-state index is 0.0885. The van der Waals surface area contributed by atoms with Gasteiger partial charge in [0.2, 0.25) is 17.7 Å². The van der Waals surface area contributed by atoms with Gasteiger partial charge in [-0.05, 0) is 56.6 Å². The summed E-state index contributed by atoms with van der Waals surface area (Å²) < 4.78 is 6.78. The highest BCUT2D eigenvalue weighted by molar-refractivity contribution is 6.04. The molecule has 2 bridgehead atoms. The van der Waals surface area contributed by atoms with Crippen LogP contribution in [0.15, 0.2) is 18.2 Å². The van der Waals surface area contributed by atoms with Crippen molar-refractivity contribution in [3.8, 4) is 0 Å². The van der Waals surface area contributed by atoms with Crippen LogP contribution in [-0.4, -0.2) is 64.2 Å². The third kappa shape index (κ3) is 3.84. The molecule has 3 saturated heterocycles. The van der Waals surface area contributed by atoms with Gasteiger partial charge in [-0.3, -0.25) is 14.4 Å². The molecule has 8 heteroatoms. The Labute approximate surface area is 214 Å². The second kappa shape index (κ2) is 9.78. The van der Waals surface area contributed by atoms with E-state index < -0.39 is 35.1 Å². The van der Waals surface area contributed by atoms with Crippen molar-refractivity contribution in [2.24, 2.45) is 17.8 Å². The molecule has 1 spiro atoms. The van der Waals surface area contributed by atoms with Crippen LogP contribution in [0.5, 0.6) is 0 Å². The van der Waals surface area contributed by atoms with Crippen LogP contribution in [0.3, 0.4) is 0 Å². The molecule has 8 nitrogen and oxygen atoms in total. The highest BCUT2D eigenvalue weighted by Crippen LogP contribution is 2.64. The Kier molecular flexibility index (Phi) is 7.23. The SMILES string of the molecule is CCCNC(=O)[C@H]1[C@H]2C(=O)N([C@@H](CO)C(C)C)C(C(=O)Nc3c(C)cccc3C)C23CC[C@]1(CC)O3. The number of rotatable bonds is 9. The number of anilines is 1. The zero-order chi connectivity index (χ0) is 26.4. The zero-order valence-corrected chi connectivity index (χ0v) is 22.4. The average molecular weight is 500 g/mol. The number of ether oxygens (including phenoxy) is 1. The molecule has 3 N–H and O–H groups in total. The van der Waals surface area contributed by atoms with Crippen LogP contribution < -0.4 is 10.6 Å². The Bertz CT molecular complexity index is 1020. The fourth-order valence-electron chi connectivity index (χ4n) is 6.89. The van der Waals surface area contributed by atoms with Crippen molar-refractivity contribution in [3.05, 3.63) is 29.3 Å². The van der Waals surface area contributed by atoms with E-state index in [9.17, 15) is 19.5 Å². The van der Waals surface area contributed by atoms with E-state index in [1.807, 2.05) is 59.7 Å². The highest BCUT2D eigenvalue weighted by Gasteiger charge is 2.79. The summed E-state index contributed by atoms with van der Waals surface area (Å²) in [7, 11) is 0. The first-order valence-corrected chi connectivity index (χ1v) is 13.4. The smallest absolute Gasteiger partial charge is 0.250 e. The van der Waals surface area contributed by atoms with E-state index in [0.29, 0.717) is 25.8 Å². The van der Waals surface area contributed by atoms with Gasteiger partial charge in [-0.1, -0.05) is 45.9 Å². The minimum atomic E-state index is -1.11. The summed E-state index contributed by atoms with van der Waals surface area (Å²) in [6, 6.07) is 4.30. The fourth-order valence-corrected chi connectivity index (χ4v) is 6.89. The average Bonchev–Trinajstić information content (AvgIpc) is 3.44. The van der Waals surface area contributed by atoms with Crippen molar-refractivity contribution >= 4 is 23.4 Å². The molecule has 3 amide bonds. The standard InChI is InChI=1S/C28H41N3O5/c1-7-14-29-24(33)20-21-26(35)31(19(15-32)16(3)4)23(28(21)13-12-27(20,8-2)36-28)25(34)30-22-17(5)10-9-11-18(22)6/h9-11,16,19-21,23,32H,7-8,12-15H2,1-6H3,(H,29,33)(H,30,34)/t19-,20+,21-,23?,27-,28?/m0/s1. The number of aliphatic hydroxyl groups excluding tert-OH is 1. The molecular weight excluding hydrogens is 458 g/mol. The summed E-state index contributed by atoms with van der Waals surface area (Å²) in [6.45, 7) is 11.9. The molecule has 0 saturated carbocycles. The number of carbonyl (C=O) groups is 3. The molecule has 3 heterocycles. The van der Waals surface area contributed by atoms with Crippen LogP contribution in [0.2, 0.25) is 0 Å². The third-order valence-corrected chi connectivity index (χ3v) is 8.74. The Balaban J connectivity index is 1.82. The lowest BCUT2D eigenvalue weighted by Gasteiger charge is -2.38. The fraction of sp³-hybridized carbons (Fsp3) is 0.679. The number of likely N-dealkylation sites (tertiary alicyclic amines) is 1. The molecule has 4 rings (SSSR count). The van der Waals surface area contributed by atoms with E-state index in [4.69, 9.17) is 4.74 Å². The lowest BCUT2D eigenvalue weighted by molar-refractivity contribution is -0.150. The lowest BCUT2D eigenvalue weighted by Crippen LogP contribution is -2.57. The predicted molar refractivity (Wildman–Crippen MR) is 137 cm³/mol. The molecule has 2 unspecified atom stereocenters. The van der Waals surface area contributed by atoms with Gasteiger partial charge in [-0.2, -0.15) is 0 Å². The summed E-state index contributed by atoms with van der Waals surface area (Å²) in [5.74, 6) is -2.29. The van der Waals surface area contributed by atoms with Gasteiger partial charge in [0.25, 0.3) is 0 Å². The maximum atomic E-state index is 14.2. The van der Waals surface area contributed by atoms with E-state index >= 15 is 0 Å². The van der Waals surface area contributed by atoms with Crippen LogP contribution in [0.4, 0.5) is 5.69 Å². The van der Waals surface area contributed by atoms with Gasteiger partial charge in [-0.15, -0.1) is 0 Å². The number of amides is 3. The predicted octanol–water partition coefficient (Wildman–Crippen LogP) is 2.94. The van der Waals surface area contributed by atoms with Crippen molar-refractivity contribution in [2.45, 2.75) is 90.5 Å².